The number of aliphatic imine (C=N–C) groups is 1. The van der Waals surface area contributed by atoms with E-state index in [1.54, 1.807) is 19.3 Å². The van der Waals surface area contributed by atoms with E-state index in [1.165, 1.54) is 25.7 Å². The topological polar surface area (TPSA) is 61.3 Å². The van der Waals surface area contributed by atoms with Crippen LogP contribution in [-0.2, 0) is 0 Å². The second-order valence-corrected chi connectivity index (χ2v) is 5.88. The number of aromatic nitrogens is 1. The van der Waals surface area contributed by atoms with Crippen LogP contribution in [0.2, 0.25) is 10.0 Å². The van der Waals surface area contributed by atoms with Gasteiger partial charge in [-0.15, -0.1) is 0 Å². The lowest BCUT2D eigenvalue weighted by atomic mass is 10.2. The van der Waals surface area contributed by atoms with Crippen LogP contribution in [0.1, 0.15) is 25.7 Å². The first-order valence-corrected chi connectivity index (χ1v) is 7.96. The smallest absolute Gasteiger partial charge is 0.191 e. The Labute approximate surface area is 135 Å². The van der Waals surface area contributed by atoms with Crippen molar-refractivity contribution in [3.63, 3.8) is 0 Å². The highest BCUT2D eigenvalue weighted by Gasteiger charge is 2.15. The zero-order chi connectivity index (χ0) is 15.1. The minimum Gasteiger partial charge on any atom is -0.367 e. The van der Waals surface area contributed by atoms with E-state index in [-0.39, 0.29) is 0 Å². The van der Waals surface area contributed by atoms with Gasteiger partial charge in [-0.2, -0.15) is 0 Å². The summed E-state index contributed by atoms with van der Waals surface area (Å²) >= 11 is 11.9. The van der Waals surface area contributed by atoms with Crippen molar-refractivity contribution in [2.24, 2.45) is 4.99 Å². The van der Waals surface area contributed by atoms with Gasteiger partial charge in [-0.05, 0) is 18.9 Å². The fourth-order valence-corrected chi connectivity index (χ4v) is 2.81. The molecule has 7 heteroatoms. The molecule has 116 valence electrons. The van der Waals surface area contributed by atoms with Gasteiger partial charge in [0.05, 0.1) is 10.0 Å². The van der Waals surface area contributed by atoms with E-state index in [1.807, 2.05) is 0 Å². The molecule has 0 atom stereocenters. The molecule has 1 heterocycles. The molecular formula is C14H21Cl2N5. The van der Waals surface area contributed by atoms with Gasteiger partial charge >= 0.3 is 0 Å². The fraction of sp³-hybridized carbons (Fsp3) is 0.571. The fourth-order valence-electron chi connectivity index (χ4n) is 2.36. The van der Waals surface area contributed by atoms with E-state index < -0.39 is 0 Å². The van der Waals surface area contributed by atoms with Crippen LogP contribution in [0.15, 0.2) is 17.3 Å². The molecule has 3 N–H and O–H groups in total. The van der Waals surface area contributed by atoms with Gasteiger partial charge < -0.3 is 16.0 Å². The Kier molecular flexibility index (Phi) is 6.39. The summed E-state index contributed by atoms with van der Waals surface area (Å²) in [4.78, 5) is 8.38. The summed E-state index contributed by atoms with van der Waals surface area (Å²) in [5.74, 6) is 1.49. The van der Waals surface area contributed by atoms with Crippen LogP contribution in [0.25, 0.3) is 0 Å². The van der Waals surface area contributed by atoms with Crippen LogP contribution in [0.3, 0.4) is 0 Å². The Morgan fingerprint density at radius 1 is 1.33 bits per heavy atom. The number of pyridine rings is 1. The van der Waals surface area contributed by atoms with Crippen LogP contribution in [0.5, 0.6) is 0 Å². The minimum absolute atomic E-state index is 0.524. The van der Waals surface area contributed by atoms with Gasteiger partial charge in [0.1, 0.15) is 5.82 Å². The molecule has 0 bridgehead atoms. The third-order valence-electron chi connectivity index (χ3n) is 3.44. The predicted molar refractivity (Wildman–Crippen MR) is 89.5 cm³/mol. The molecule has 5 nitrogen and oxygen atoms in total. The molecule has 0 aliphatic heterocycles. The maximum Gasteiger partial charge on any atom is 0.191 e. The number of anilines is 1. The Morgan fingerprint density at radius 2 is 2.10 bits per heavy atom. The van der Waals surface area contributed by atoms with Gasteiger partial charge in [0.2, 0.25) is 0 Å². The van der Waals surface area contributed by atoms with Crippen molar-refractivity contribution in [3.8, 4) is 0 Å². The molecule has 0 amide bonds. The number of hydrogen-bond acceptors (Lipinski definition) is 3. The lowest BCUT2D eigenvalue weighted by molar-refractivity contribution is 0.615. The average Bonchev–Trinajstić information content (AvgIpc) is 2.97. The molecule has 1 aromatic rings. The zero-order valence-electron chi connectivity index (χ0n) is 12.1. The molecule has 2 rings (SSSR count). The third-order valence-corrected chi connectivity index (χ3v) is 3.93. The molecule has 0 aromatic carbocycles. The highest BCUT2D eigenvalue weighted by Crippen LogP contribution is 2.22. The standard InChI is InChI=1S/C14H21Cl2N5/c1-17-14(21-11-4-2-3-5-11)19-7-6-18-13-12(16)8-10(15)9-20-13/h8-9,11H,2-7H2,1H3,(H,18,20)(H2,17,19,21). The molecular weight excluding hydrogens is 309 g/mol. The molecule has 0 spiro atoms. The third kappa shape index (κ3) is 5.25. The largest absolute Gasteiger partial charge is 0.367 e. The van der Waals surface area contributed by atoms with Gasteiger partial charge in [0.15, 0.2) is 5.96 Å². The Hall–Kier alpha value is -1.20. The summed E-state index contributed by atoms with van der Waals surface area (Å²) in [6, 6.07) is 2.23. The highest BCUT2D eigenvalue weighted by atomic mass is 35.5. The second kappa shape index (κ2) is 8.29. The van der Waals surface area contributed by atoms with Crippen LogP contribution in [0, 0.1) is 0 Å². The first kappa shape index (κ1) is 16.2. The van der Waals surface area contributed by atoms with E-state index in [2.05, 4.69) is 25.9 Å². The van der Waals surface area contributed by atoms with Crippen molar-refractivity contribution >= 4 is 35.0 Å². The predicted octanol–water partition coefficient (Wildman–Crippen LogP) is 2.91. The van der Waals surface area contributed by atoms with Gasteiger partial charge in [0, 0.05) is 32.4 Å². The number of nitrogens with one attached hydrogen (secondary N) is 3. The van der Waals surface area contributed by atoms with Crippen molar-refractivity contribution in [1.82, 2.24) is 15.6 Å². The molecule has 1 fully saturated rings. The maximum atomic E-state index is 6.05. The minimum atomic E-state index is 0.524. The number of hydrogen-bond donors (Lipinski definition) is 3. The van der Waals surface area contributed by atoms with Crippen molar-refractivity contribution in [1.29, 1.82) is 0 Å². The summed E-state index contributed by atoms with van der Waals surface area (Å²) in [7, 11) is 1.79. The van der Waals surface area contributed by atoms with Crippen LogP contribution in [0.4, 0.5) is 5.82 Å². The molecule has 0 unspecified atom stereocenters. The second-order valence-electron chi connectivity index (χ2n) is 5.04. The van der Waals surface area contributed by atoms with E-state index in [0.29, 0.717) is 28.4 Å². The van der Waals surface area contributed by atoms with E-state index in [0.717, 1.165) is 12.5 Å². The summed E-state index contributed by atoms with van der Waals surface area (Å²) in [5, 5.41) is 10.9. The molecule has 0 radical (unpaired) electrons. The molecule has 1 aromatic heterocycles. The summed E-state index contributed by atoms with van der Waals surface area (Å²) in [6.07, 6.45) is 6.63. The lowest BCUT2D eigenvalue weighted by Crippen LogP contribution is -2.43. The number of guanidine groups is 1. The quantitative estimate of drug-likeness (QED) is 0.441. The molecule has 0 saturated heterocycles. The van der Waals surface area contributed by atoms with Gasteiger partial charge in [0.25, 0.3) is 0 Å². The van der Waals surface area contributed by atoms with Crippen molar-refractivity contribution in [3.05, 3.63) is 22.3 Å². The Bertz CT molecular complexity index is 486. The van der Waals surface area contributed by atoms with Crippen molar-refractivity contribution < 1.29 is 0 Å². The first-order valence-electron chi connectivity index (χ1n) is 7.21. The van der Waals surface area contributed by atoms with Gasteiger partial charge in [-0.1, -0.05) is 36.0 Å². The Morgan fingerprint density at radius 3 is 2.76 bits per heavy atom. The Balaban J connectivity index is 1.70. The van der Waals surface area contributed by atoms with E-state index in [4.69, 9.17) is 23.2 Å². The molecule has 21 heavy (non-hydrogen) atoms. The molecule has 1 aliphatic carbocycles. The number of nitrogens with zero attached hydrogens (tertiary/aromatic N) is 2. The normalized spacial score (nSPS) is 16.0. The van der Waals surface area contributed by atoms with Crippen LogP contribution >= 0.6 is 23.2 Å². The monoisotopic (exact) mass is 329 g/mol. The van der Waals surface area contributed by atoms with Crippen LogP contribution < -0.4 is 16.0 Å². The zero-order valence-corrected chi connectivity index (χ0v) is 13.6. The highest BCUT2D eigenvalue weighted by molar-refractivity contribution is 6.35. The van der Waals surface area contributed by atoms with E-state index in [9.17, 15) is 0 Å². The molecule has 1 saturated carbocycles. The van der Waals surface area contributed by atoms with Crippen molar-refractivity contribution in [2.75, 3.05) is 25.5 Å². The SMILES string of the molecule is CN=C(NCCNc1ncc(Cl)cc1Cl)NC1CCCC1. The number of halogens is 2. The van der Waals surface area contributed by atoms with Gasteiger partial charge in [-0.25, -0.2) is 4.98 Å². The van der Waals surface area contributed by atoms with E-state index >= 15 is 0 Å². The first-order chi connectivity index (χ1) is 10.2. The lowest BCUT2D eigenvalue weighted by Gasteiger charge is -2.17. The summed E-state index contributed by atoms with van der Waals surface area (Å²) in [5.41, 5.74) is 0. The van der Waals surface area contributed by atoms with Crippen LogP contribution in [-0.4, -0.2) is 37.1 Å². The maximum absolute atomic E-state index is 6.05. The molecule has 1 aliphatic rings. The summed E-state index contributed by atoms with van der Waals surface area (Å²) in [6.45, 7) is 1.42. The van der Waals surface area contributed by atoms with Crippen molar-refractivity contribution in [2.45, 2.75) is 31.7 Å². The number of rotatable bonds is 5. The van der Waals surface area contributed by atoms with Gasteiger partial charge in [-0.3, -0.25) is 4.99 Å². The average molecular weight is 330 g/mol. The summed E-state index contributed by atoms with van der Waals surface area (Å²) < 4.78 is 0.